The highest BCUT2D eigenvalue weighted by Crippen LogP contribution is 2.40. The Morgan fingerprint density at radius 2 is 1.87 bits per heavy atom. The van der Waals surface area contributed by atoms with Crippen molar-refractivity contribution >= 4 is 17.7 Å². The molecule has 0 aliphatic heterocycles. The van der Waals surface area contributed by atoms with Crippen LogP contribution in [0.2, 0.25) is 0 Å². The summed E-state index contributed by atoms with van der Waals surface area (Å²) in [6.07, 6.45) is -8.41. The maximum Gasteiger partial charge on any atom is 0.434 e. The molecule has 0 bridgehead atoms. The molecule has 0 amide bonds. The van der Waals surface area contributed by atoms with Crippen molar-refractivity contribution in [3.05, 3.63) is 22.5 Å². The van der Waals surface area contributed by atoms with Crippen molar-refractivity contribution in [2.75, 3.05) is 5.75 Å². The second-order valence-corrected chi connectivity index (χ2v) is 6.44. The van der Waals surface area contributed by atoms with Crippen LogP contribution in [0.4, 0.5) is 22.0 Å². The molecule has 23 heavy (non-hydrogen) atoms. The topological polar surface area (TPSA) is 50.2 Å². The summed E-state index contributed by atoms with van der Waals surface area (Å²) in [4.78, 5) is 14.2. The Balaban J connectivity index is 3.88. The number of alkyl halides is 5. The molecule has 1 rings (SSSR count). The van der Waals surface area contributed by atoms with Crippen molar-refractivity contribution in [3.63, 3.8) is 0 Å². The fourth-order valence-electron chi connectivity index (χ4n) is 2.13. The van der Waals surface area contributed by atoms with Crippen LogP contribution < -0.4 is 0 Å². The first-order chi connectivity index (χ1) is 10.5. The third-order valence-corrected chi connectivity index (χ3v) is 3.90. The molecule has 1 aromatic heterocycles. The van der Waals surface area contributed by atoms with E-state index in [2.05, 4.69) is 4.98 Å². The van der Waals surface area contributed by atoms with E-state index < -0.39 is 35.5 Å². The first-order valence-electron chi connectivity index (χ1n) is 6.78. The number of thioether (sulfide) groups is 1. The lowest BCUT2D eigenvalue weighted by Crippen LogP contribution is -2.21. The Bertz CT molecular complexity index is 588. The third-order valence-electron chi connectivity index (χ3n) is 2.87. The number of aromatic carboxylic acids is 1. The average molecular weight is 357 g/mol. The highest BCUT2D eigenvalue weighted by atomic mass is 32.2. The lowest BCUT2D eigenvalue weighted by atomic mass is 9.96. The summed E-state index contributed by atoms with van der Waals surface area (Å²) in [6.45, 7) is 4.97. The molecule has 0 unspecified atom stereocenters. The predicted octanol–water partition coefficient (Wildman–Crippen LogP) is 5.05. The molecule has 1 heterocycles. The molecule has 0 aromatic carbocycles. The maximum absolute atomic E-state index is 13.2. The van der Waals surface area contributed by atoms with Gasteiger partial charge in [-0.15, -0.1) is 11.8 Å². The van der Waals surface area contributed by atoms with Gasteiger partial charge in [-0.3, -0.25) is 0 Å². The molecule has 1 N–H and O–H groups in total. The van der Waals surface area contributed by atoms with Crippen LogP contribution in [0.15, 0.2) is 4.90 Å². The summed E-state index contributed by atoms with van der Waals surface area (Å²) in [6, 6.07) is 0. The van der Waals surface area contributed by atoms with E-state index in [0.717, 1.165) is 11.8 Å². The van der Waals surface area contributed by atoms with E-state index >= 15 is 0 Å². The number of pyridine rings is 1. The largest absolute Gasteiger partial charge is 0.478 e. The third kappa shape index (κ3) is 4.55. The molecule has 0 spiro atoms. The highest BCUT2D eigenvalue weighted by molar-refractivity contribution is 7.99. The van der Waals surface area contributed by atoms with Gasteiger partial charge in [0.15, 0.2) is 5.69 Å². The van der Waals surface area contributed by atoms with Crippen LogP contribution >= 0.6 is 11.8 Å². The van der Waals surface area contributed by atoms with Gasteiger partial charge in [-0.1, -0.05) is 20.8 Å². The average Bonchev–Trinajstić information content (AvgIpc) is 2.37. The molecule has 9 heteroatoms. The quantitative estimate of drug-likeness (QED) is 0.572. The monoisotopic (exact) mass is 357 g/mol. The normalized spacial score (nSPS) is 12.3. The Labute approximate surface area is 134 Å². The summed E-state index contributed by atoms with van der Waals surface area (Å²) < 4.78 is 65.7. The van der Waals surface area contributed by atoms with Crippen molar-refractivity contribution in [2.24, 2.45) is 5.92 Å². The van der Waals surface area contributed by atoms with Gasteiger partial charge in [-0.05, 0) is 23.7 Å². The molecule has 0 radical (unpaired) electrons. The summed E-state index contributed by atoms with van der Waals surface area (Å²) in [5.74, 6) is -1.73. The van der Waals surface area contributed by atoms with Crippen LogP contribution in [-0.4, -0.2) is 21.8 Å². The molecule has 0 saturated carbocycles. The minimum absolute atomic E-state index is 0.0602. The number of carboxylic acids is 1. The van der Waals surface area contributed by atoms with Crippen molar-refractivity contribution in [3.8, 4) is 0 Å². The van der Waals surface area contributed by atoms with Gasteiger partial charge >= 0.3 is 12.1 Å². The Morgan fingerprint density at radius 1 is 1.30 bits per heavy atom. The SMILES string of the molecule is CCSc1c(C(F)F)nc(C(F)(F)F)c(C(=O)O)c1CC(C)C. The molecule has 0 saturated heterocycles. The van der Waals surface area contributed by atoms with Gasteiger partial charge in [-0.25, -0.2) is 18.6 Å². The van der Waals surface area contributed by atoms with Gasteiger partial charge in [0.2, 0.25) is 0 Å². The van der Waals surface area contributed by atoms with Gasteiger partial charge < -0.3 is 5.11 Å². The van der Waals surface area contributed by atoms with Crippen LogP contribution in [-0.2, 0) is 12.6 Å². The number of carbonyl (C=O) groups is 1. The van der Waals surface area contributed by atoms with E-state index in [0.29, 0.717) is 5.75 Å². The number of nitrogens with zero attached hydrogens (tertiary/aromatic N) is 1. The lowest BCUT2D eigenvalue weighted by Gasteiger charge is -2.21. The number of halogens is 5. The Morgan fingerprint density at radius 3 is 2.22 bits per heavy atom. The molecule has 3 nitrogen and oxygen atoms in total. The van der Waals surface area contributed by atoms with Crippen LogP contribution in [0.25, 0.3) is 0 Å². The van der Waals surface area contributed by atoms with E-state index in [1.807, 2.05) is 0 Å². The number of hydrogen-bond donors (Lipinski definition) is 1. The van der Waals surface area contributed by atoms with E-state index in [1.165, 1.54) is 0 Å². The van der Waals surface area contributed by atoms with E-state index in [1.54, 1.807) is 20.8 Å². The van der Waals surface area contributed by atoms with Crippen molar-refractivity contribution in [1.82, 2.24) is 4.98 Å². The molecule has 0 aliphatic carbocycles. The van der Waals surface area contributed by atoms with E-state index in [4.69, 9.17) is 0 Å². The van der Waals surface area contributed by atoms with Crippen molar-refractivity contribution in [1.29, 1.82) is 0 Å². The molecule has 130 valence electrons. The summed E-state index contributed by atoms with van der Waals surface area (Å²) in [5, 5.41) is 9.21. The van der Waals surface area contributed by atoms with Gasteiger partial charge in [0, 0.05) is 4.90 Å². The molecule has 0 fully saturated rings. The fraction of sp³-hybridized carbons (Fsp3) is 0.571. The Hall–Kier alpha value is -1.38. The molecule has 1 aromatic rings. The summed E-state index contributed by atoms with van der Waals surface area (Å²) >= 11 is 0.877. The van der Waals surface area contributed by atoms with Crippen LogP contribution in [0.3, 0.4) is 0 Å². The number of carboxylic acid groups (broad SMARTS) is 1. The van der Waals surface area contributed by atoms with Gasteiger partial charge in [0.05, 0.1) is 5.56 Å². The first kappa shape index (κ1) is 19.7. The predicted molar refractivity (Wildman–Crippen MR) is 76.1 cm³/mol. The molecule has 0 aliphatic rings. The zero-order valence-corrected chi connectivity index (χ0v) is 13.5. The molecular weight excluding hydrogens is 341 g/mol. The summed E-state index contributed by atoms with van der Waals surface area (Å²) in [5.41, 5.74) is -4.04. The van der Waals surface area contributed by atoms with Crippen LogP contribution in [0, 0.1) is 5.92 Å². The van der Waals surface area contributed by atoms with Crippen LogP contribution in [0.1, 0.15) is 54.5 Å². The van der Waals surface area contributed by atoms with Gasteiger partial charge in [0.25, 0.3) is 6.43 Å². The first-order valence-corrected chi connectivity index (χ1v) is 7.77. The van der Waals surface area contributed by atoms with Crippen LogP contribution in [0.5, 0.6) is 0 Å². The zero-order valence-electron chi connectivity index (χ0n) is 12.7. The second kappa shape index (κ2) is 7.46. The van der Waals surface area contributed by atoms with E-state index in [9.17, 15) is 31.9 Å². The highest BCUT2D eigenvalue weighted by Gasteiger charge is 2.41. The minimum atomic E-state index is -5.13. The minimum Gasteiger partial charge on any atom is -0.478 e. The smallest absolute Gasteiger partial charge is 0.434 e. The maximum atomic E-state index is 13.2. The van der Waals surface area contributed by atoms with Crippen molar-refractivity contribution in [2.45, 2.75) is 44.7 Å². The molecular formula is C14H16F5NO2S. The second-order valence-electron chi connectivity index (χ2n) is 5.16. The molecule has 0 atom stereocenters. The standard InChI is InChI=1S/C14H16F5NO2S/c1-4-23-10-7(5-6(2)3)8(13(21)22)11(14(17,18)19)20-9(10)12(15)16/h6,12H,4-5H2,1-3H3,(H,21,22). The van der Waals surface area contributed by atoms with Gasteiger partial charge in [-0.2, -0.15) is 13.2 Å². The number of rotatable bonds is 6. The Kier molecular flexibility index (Phi) is 6.38. The summed E-state index contributed by atoms with van der Waals surface area (Å²) in [7, 11) is 0. The fourth-order valence-corrected chi connectivity index (χ4v) is 3.06. The van der Waals surface area contributed by atoms with Crippen molar-refractivity contribution < 1.29 is 31.9 Å². The van der Waals surface area contributed by atoms with Gasteiger partial charge in [0.1, 0.15) is 5.69 Å². The number of hydrogen-bond acceptors (Lipinski definition) is 3. The number of aromatic nitrogens is 1. The zero-order chi connectivity index (χ0) is 17.9. The van der Waals surface area contributed by atoms with E-state index in [-0.39, 0.29) is 22.8 Å². The lowest BCUT2D eigenvalue weighted by molar-refractivity contribution is -0.142.